The molecule has 0 atom stereocenters. The van der Waals surface area contributed by atoms with Crippen molar-refractivity contribution in [2.45, 2.75) is 6.92 Å². The van der Waals surface area contributed by atoms with Gasteiger partial charge in [-0.05, 0) is 0 Å². The van der Waals surface area contributed by atoms with Crippen LogP contribution in [0.5, 0.6) is 0 Å². The van der Waals surface area contributed by atoms with Crippen molar-refractivity contribution in [3.63, 3.8) is 0 Å². The fraction of sp³-hybridized carbons (Fsp3) is 0.111. The standard InChI is InChI=1S/C9H7BF3N2O/c1-6(16)15-9-4-8(10(11,12)13)3-2-7(9)5-14-15/h2-5H,1H3/q-1. The largest absolute Gasteiger partial charge is 0.509 e. The smallest absolute Gasteiger partial charge is 0.445 e. The molecule has 1 heterocycles. The van der Waals surface area contributed by atoms with Gasteiger partial charge in [0, 0.05) is 12.3 Å². The van der Waals surface area contributed by atoms with Crippen molar-refractivity contribution >= 4 is 29.3 Å². The molecule has 0 amide bonds. The third-order valence-corrected chi connectivity index (χ3v) is 2.27. The van der Waals surface area contributed by atoms with Crippen LogP contribution in [0.15, 0.2) is 24.4 Å². The van der Waals surface area contributed by atoms with Crippen molar-refractivity contribution < 1.29 is 17.7 Å². The van der Waals surface area contributed by atoms with Gasteiger partial charge >= 0.3 is 6.98 Å². The molecule has 7 heteroatoms. The summed E-state index contributed by atoms with van der Waals surface area (Å²) in [6.45, 7) is -3.81. The van der Waals surface area contributed by atoms with Gasteiger partial charge in [0.15, 0.2) is 0 Å². The summed E-state index contributed by atoms with van der Waals surface area (Å²) in [7, 11) is 0. The van der Waals surface area contributed by atoms with Crippen LogP contribution in [0.3, 0.4) is 0 Å². The highest BCUT2D eigenvalue weighted by atomic mass is 19.4. The van der Waals surface area contributed by atoms with Crippen LogP contribution in [0.4, 0.5) is 12.9 Å². The lowest BCUT2D eigenvalue weighted by atomic mass is 9.80. The molecular weight excluding hydrogens is 220 g/mol. The van der Waals surface area contributed by atoms with Crippen LogP contribution in [-0.4, -0.2) is 22.7 Å². The zero-order valence-corrected chi connectivity index (χ0v) is 8.32. The minimum absolute atomic E-state index is 0.184. The van der Waals surface area contributed by atoms with Gasteiger partial charge in [-0.15, -0.1) is 5.46 Å². The van der Waals surface area contributed by atoms with E-state index in [9.17, 15) is 17.7 Å². The first-order valence-corrected chi connectivity index (χ1v) is 4.58. The van der Waals surface area contributed by atoms with Gasteiger partial charge in [-0.2, -0.15) is 5.10 Å². The Morgan fingerprint density at radius 1 is 1.38 bits per heavy atom. The summed E-state index contributed by atoms with van der Waals surface area (Å²) in [5.41, 5.74) is -0.542. The van der Waals surface area contributed by atoms with Crippen molar-refractivity contribution in [3.8, 4) is 0 Å². The summed E-state index contributed by atoms with van der Waals surface area (Å²) < 4.78 is 38.5. The van der Waals surface area contributed by atoms with Gasteiger partial charge in [0.05, 0.1) is 11.7 Å². The van der Waals surface area contributed by atoms with Crippen LogP contribution in [0.2, 0.25) is 0 Å². The zero-order chi connectivity index (χ0) is 11.9. The molecule has 3 nitrogen and oxygen atoms in total. The molecule has 0 aliphatic rings. The maximum atomic E-state index is 12.5. The van der Waals surface area contributed by atoms with Gasteiger partial charge in [-0.3, -0.25) is 4.79 Å². The Morgan fingerprint density at radius 2 is 2.06 bits per heavy atom. The molecule has 1 aromatic heterocycles. The maximum absolute atomic E-state index is 12.5. The van der Waals surface area contributed by atoms with E-state index in [4.69, 9.17) is 0 Å². The highest BCUT2D eigenvalue weighted by Crippen LogP contribution is 2.16. The highest BCUT2D eigenvalue weighted by molar-refractivity contribution is 6.73. The van der Waals surface area contributed by atoms with Gasteiger partial charge in [0.2, 0.25) is 5.91 Å². The predicted octanol–water partition coefficient (Wildman–Crippen LogP) is 1.75. The van der Waals surface area contributed by atoms with Gasteiger partial charge in [0.1, 0.15) is 0 Å². The molecule has 0 saturated carbocycles. The van der Waals surface area contributed by atoms with Gasteiger partial charge in [-0.25, -0.2) is 4.68 Å². The third kappa shape index (κ3) is 1.68. The molecule has 0 aliphatic carbocycles. The van der Waals surface area contributed by atoms with Gasteiger partial charge < -0.3 is 12.9 Å². The molecule has 0 spiro atoms. The summed E-state index contributed by atoms with van der Waals surface area (Å²) in [6, 6.07) is 3.25. The van der Waals surface area contributed by atoms with Crippen molar-refractivity contribution in [3.05, 3.63) is 24.4 Å². The molecule has 0 fully saturated rings. The summed E-state index contributed by atoms with van der Waals surface area (Å²) >= 11 is 0. The lowest BCUT2D eigenvalue weighted by Crippen LogP contribution is -2.33. The van der Waals surface area contributed by atoms with Crippen molar-refractivity contribution in [2.75, 3.05) is 0 Å². The number of nitrogens with zero attached hydrogens (tertiary/aromatic N) is 2. The van der Waals surface area contributed by atoms with Crippen LogP contribution < -0.4 is 5.46 Å². The van der Waals surface area contributed by atoms with Crippen LogP contribution in [0.1, 0.15) is 11.7 Å². The van der Waals surface area contributed by atoms with Crippen molar-refractivity contribution in [1.29, 1.82) is 0 Å². The fourth-order valence-corrected chi connectivity index (χ4v) is 1.49. The number of benzene rings is 1. The Balaban J connectivity index is 2.68. The molecule has 0 bridgehead atoms. The van der Waals surface area contributed by atoms with E-state index >= 15 is 0 Å². The van der Waals surface area contributed by atoms with Crippen LogP contribution in [0.25, 0.3) is 10.9 Å². The van der Waals surface area contributed by atoms with E-state index in [1.54, 1.807) is 0 Å². The second-order valence-corrected chi connectivity index (χ2v) is 3.47. The van der Waals surface area contributed by atoms with E-state index in [0.717, 1.165) is 16.8 Å². The highest BCUT2D eigenvalue weighted by Gasteiger charge is 2.26. The van der Waals surface area contributed by atoms with Gasteiger partial charge in [0.25, 0.3) is 0 Å². The van der Waals surface area contributed by atoms with Crippen molar-refractivity contribution in [1.82, 2.24) is 9.78 Å². The van der Waals surface area contributed by atoms with Crippen LogP contribution >= 0.6 is 0 Å². The molecule has 2 rings (SSSR count). The molecule has 1 aromatic carbocycles. The molecule has 2 aromatic rings. The Kier molecular flexibility index (Phi) is 2.25. The van der Waals surface area contributed by atoms with Crippen LogP contribution in [-0.2, 0) is 0 Å². The summed E-state index contributed by atoms with van der Waals surface area (Å²) in [5, 5.41) is 4.24. The quantitative estimate of drug-likeness (QED) is 0.695. The topological polar surface area (TPSA) is 34.9 Å². The molecule has 0 radical (unpaired) electrons. The Bertz CT molecular complexity index is 561. The van der Waals surface area contributed by atoms with Crippen molar-refractivity contribution in [2.24, 2.45) is 0 Å². The summed E-state index contributed by atoms with van der Waals surface area (Å²) in [4.78, 5) is 11.1. The first kappa shape index (κ1) is 10.7. The van der Waals surface area contributed by atoms with E-state index in [1.807, 2.05) is 0 Å². The third-order valence-electron chi connectivity index (χ3n) is 2.27. The Morgan fingerprint density at radius 3 is 2.62 bits per heavy atom. The first-order chi connectivity index (χ1) is 7.39. The molecular formula is C9H7BF3N2O-. The number of carbonyl (C=O) groups is 1. The Labute approximate surface area is 88.9 Å². The molecule has 84 valence electrons. The summed E-state index contributed by atoms with van der Waals surface area (Å²) in [6.07, 6.45) is 1.36. The average molecular weight is 227 g/mol. The number of aromatic nitrogens is 2. The number of hydrogen-bond acceptors (Lipinski definition) is 2. The fourth-order valence-electron chi connectivity index (χ4n) is 1.49. The van der Waals surface area contributed by atoms with E-state index in [1.165, 1.54) is 19.2 Å². The minimum atomic E-state index is -5.05. The molecule has 0 saturated heterocycles. The van der Waals surface area contributed by atoms with Crippen LogP contribution in [0, 0.1) is 0 Å². The number of hydrogen-bond donors (Lipinski definition) is 0. The predicted molar refractivity (Wildman–Crippen MR) is 54.7 cm³/mol. The number of fused-ring (bicyclic) bond motifs is 1. The maximum Gasteiger partial charge on any atom is 0.509 e. The molecule has 0 aliphatic heterocycles. The second kappa shape index (κ2) is 3.36. The van der Waals surface area contributed by atoms with E-state index in [0.29, 0.717) is 5.39 Å². The molecule has 0 unspecified atom stereocenters. The zero-order valence-electron chi connectivity index (χ0n) is 8.32. The monoisotopic (exact) mass is 227 g/mol. The lowest BCUT2D eigenvalue weighted by Gasteiger charge is -2.14. The SMILES string of the molecule is CC(=O)n1ncc2ccc([B-](F)(F)F)cc21. The van der Waals surface area contributed by atoms with E-state index in [2.05, 4.69) is 5.10 Å². The second-order valence-electron chi connectivity index (χ2n) is 3.47. The molecule has 16 heavy (non-hydrogen) atoms. The average Bonchev–Trinajstić information content (AvgIpc) is 2.58. The Hall–Kier alpha value is -1.79. The number of rotatable bonds is 1. The lowest BCUT2D eigenvalue weighted by molar-refractivity contribution is 0.0927. The number of carbonyl (C=O) groups excluding carboxylic acids is 1. The van der Waals surface area contributed by atoms with Gasteiger partial charge in [-0.1, -0.05) is 18.2 Å². The first-order valence-electron chi connectivity index (χ1n) is 4.58. The van der Waals surface area contributed by atoms with E-state index in [-0.39, 0.29) is 5.52 Å². The van der Waals surface area contributed by atoms with E-state index < -0.39 is 18.3 Å². The normalized spacial score (nSPS) is 12.0. The molecule has 0 N–H and O–H groups in total. The minimum Gasteiger partial charge on any atom is -0.445 e. The number of halogens is 3. The summed E-state index contributed by atoms with van der Waals surface area (Å²) in [5.74, 6) is -0.415.